The summed E-state index contributed by atoms with van der Waals surface area (Å²) in [5.74, 6) is -1.14. The van der Waals surface area contributed by atoms with Gasteiger partial charge in [0.05, 0.1) is 12.2 Å². The Kier molecular flexibility index (Phi) is 6.56. The zero-order valence-corrected chi connectivity index (χ0v) is 13.0. The Bertz CT molecular complexity index is 541. The molecule has 0 fully saturated rings. The second-order valence-electron chi connectivity index (χ2n) is 4.15. The summed E-state index contributed by atoms with van der Waals surface area (Å²) in [4.78, 5) is 12.7. The first-order valence-electron chi connectivity index (χ1n) is 5.86. The Balaban J connectivity index is 2.51. The first-order chi connectivity index (χ1) is 9.36. The van der Waals surface area contributed by atoms with Gasteiger partial charge in [0.1, 0.15) is 4.21 Å². The molecule has 0 bridgehead atoms. The van der Waals surface area contributed by atoms with Gasteiger partial charge in [-0.2, -0.15) is 0 Å². The molecule has 1 heterocycles. The van der Waals surface area contributed by atoms with Crippen LogP contribution in [0, 0.1) is 0 Å². The van der Waals surface area contributed by atoms with Crippen molar-refractivity contribution in [1.82, 2.24) is 9.62 Å². The van der Waals surface area contributed by atoms with Gasteiger partial charge < -0.3 is 14.7 Å². The van der Waals surface area contributed by atoms with Crippen LogP contribution in [0.25, 0.3) is 0 Å². The van der Waals surface area contributed by atoms with Crippen LogP contribution in [0.1, 0.15) is 10.4 Å². The molecule has 0 amide bonds. The SMILES string of the molecule is COCCN(C)CCNS(=O)(=O)c1cc(C(=O)O)cs1. The molecule has 9 heteroatoms. The van der Waals surface area contributed by atoms with E-state index in [1.54, 1.807) is 7.11 Å². The van der Waals surface area contributed by atoms with Gasteiger partial charge in [-0.15, -0.1) is 11.3 Å². The molecule has 0 saturated carbocycles. The lowest BCUT2D eigenvalue weighted by molar-refractivity contribution is 0.0697. The molecule has 20 heavy (non-hydrogen) atoms. The van der Waals surface area contributed by atoms with E-state index in [4.69, 9.17) is 9.84 Å². The average Bonchev–Trinajstić information content (AvgIpc) is 2.86. The summed E-state index contributed by atoms with van der Waals surface area (Å²) in [5, 5.41) is 10.1. The molecule has 0 radical (unpaired) electrons. The van der Waals surface area contributed by atoms with Crippen molar-refractivity contribution in [2.45, 2.75) is 4.21 Å². The van der Waals surface area contributed by atoms with E-state index in [9.17, 15) is 13.2 Å². The highest BCUT2D eigenvalue weighted by molar-refractivity contribution is 7.91. The zero-order chi connectivity index (χ0) is 15.2. The maximum absolute atomic E-state index is 11.9. The molecule has 0 aliphatic rings. The van der Waals surface area contributed by atoms with Gasteiger partial charge in [0.2, 0.25) is 10.0 Å². The van der Waals surface area contributed by atoms with Crippen molar-refractivity contribution in [2.24, 2.45) is 0 Å². The summed E-state index contributed by atoms with van der Waals surface area (Å²) < 4.78 is 31.2. The third-order valence-electron chi connectivity index (χ3n) is 2.55. The number of carboxylic acids is 1. The van der Waals surface area contributed by atoms with Gasteiger partial charge in [0.15, 0.2) is 0 Å². The molecule has 1 aromatic heterocycles. The summed E-state index contributed by atoms with van der Waals surface area (Å²) >= 11 is 0.893. The smallest absolute Gasteiger partial charge is 0.336 e. The van der Waals surface area contributed by atoms with Gasteiger partial charge in [-0.3, -0.25) is 0 Å². The Morgan fingerprint density at radius 2 is 2.20 bits per heavy atom. The average molecular weight is 322 g/mol. The van der Waals surface area contributed by atoms with Crippen LogP contribution in [0.15, 0.2) is 15.7 Å². The minimum Gasteiger partial charge on any atom is -0.478 e. The van der Waals surface area contributed by atoms with Crippen LogP contribution >= 0.6 is 11.3 Å². The molecule has 0 spiro atoms. The fourth-order valence-corrected chi connectivity index (χ4v) is 3.59. The summed E-state index contributed by atoms with van der Waals surface area (Å²) in [6, 6.07) is 1.16. The number of thiophene rings is 1. The summed E-state index contributed by atoms with van der Waals surface area (Å²) in [6.45, 7) is 2.08. The number of carbonyl (C=O) groups is 1. The molecule has 114 valence electrons. The predicted molar refractivity (Wildman–Crippen MR) is 75.8 cm³/mol. The maximum Gasteiger partial charge on any atom is 0.336 e. The van der Waals surface area contributed by atoms with E-state index in [1.165, 1.54) is 5.38 Å². The largest absolute Gasteiger partial charge is 0.478 e. The van der Waals surface area contributed by atoms with Crippen LogP contribution in [0.4, 0.5) is 0 Å². The molecule has 0 aliphatic carbocycles. The van der Waals surface area contributed by atoms with Crippen LogP contribution in [-0.2, 0) is 14.8 Å². The number of nitrogens with one attached hydrogen (secondary N) is 1. The Labute approximate surface area is 122 Å². The van der Waals surface area contributed by atoms with Crippen LogP contribution in [0.3, 0.4) is 0 Å². The second-order valence-corrected chi connectivity index (χ2v) is 7.06. The van der Waals surface area contributed by atoms with Gasteiger partial charge in [0.25, 0.3) is 0 Å². The number of hydrogen-bond donors (Lipinski definition) is 2. The standard InChI is InChI=1S/C11H18N2O5S2/c1-13(5-6-18-2)4-3-12-20(16,17)10-7-9(8-19-10)11(14)15/h7-8,12H,3-6H2,1-2H3,(H,14,15). The van der Waals surface area contributed by atoms with E-state index in [-0.39, 0.29) is 16.3 Å². The number of rotatable bonds is 9. The Hall–Kier alpha value is -1.00. The fraction of sp³-hybridized carbons (Fsp3) is 0.545. The Morgan fingerprint density at radius 1 is 1.50 bits per heavy atom. The number of nitrogens with zero attached hydrogens (tertiary/aromatic N) is 1. The van der Waals surface area contributed by atoms with Crippen LogP contribution in [0.2, 0.25) is 0 Å². The van der Waals surface area contributed by atoms with Crippen LogP contribution < -0.4 is 4.72 Å². The van der Waals surface area contributed by atoms with E-state index >= 15 is 0 Å². The van der Waals surface area contributed by atoms with Crippen molar-refractivity contribution < 1.29 is 23.1 Å². The lowest BCUT2D eigenvalue weighted by Gasteiger charge is -2.15. The highest BCUT2D eigenvalue weighted by Crippen LogP contribution is 2.19. The molecule has 7 nitrogen and oxygen atoms in total. The van der Waals surface area contributed by atoms with Gasteiger partial charge in [0, 0.05) is 32.1 Å². The second kappa shape index (κ2) is 7.70. The van der Waals surface area contributed by atoms with E-state index in [0.717, 1.165) is 17.4 Å². The summed E-state index contributed by atoms with van der Waals surface area (Å²) in [6.07, 6.45) is 0. The number of likely N-dealkylation sites (N-methyl/N-ethyl adjacent to an activating group) is 1. The van der Waals surface area contributed by atoms with Crippen molar-refractivity contribution in [2.75, 3.05) is 40.4 Å². The number of aromatic carboxylic acids is 1. The molecular weight excluding hydrogens is 304 g/mol. The molecule has 0 unspecified atom stereocenters. The Morgan fingerprint density at radius 3 is 2.75 bits per heavy atom. The first-order valence-corrected chi connectivity index (χ1v) is 8.22. The van der Waals surface area contributed by atoms with Crippen molar-refractivity contribution in [3.63, 3.8) is 0 Å². The van der Waals surface area contributed by atoms with Crippen molar-refractivity contribution in [3.05, 3.63) is 17.0 Å². The lowest BCUT2D eigenvalue weighted by Crippen LogP contribution is -2.34. The minimum atomic E-state index is -3.64. The van der Waals surface area contributed by atoms with Gasteiger partial charge in [-0.05, 0) is 13.1 Å². The normalized spacial score (nSPS) is 11.9. The molecule has 0 aromatic carbocycles. The van der Waals surface area contributed by atoms with E-state index in [2.05, 4.69) is 4.72 Å². The molecule has 2 N–H and O–H groups in total. The third kappa shape index (κ3) is 5.17. The van der Waals surface area contributed by atoms with Gasteiger partial charge in [-0.25, -0.2) is 17.9 Å². The minimum absolute atomic E-state index is 0.00874. The number of methoxy groups -OCH3 is 1. The lowest BCUT2D eigenvalue weighted by atomic mass is 10.4. The molecule has 1 aromatic rings. The molecule has 0 atom stereocenters. The highest BCUT2D eigenvalue weighted by atomic mass is 32.2. The molecule has 1 rings (SSSR count). The topological polar surface area (TPSA) is 95.9 Å². The number of hydrogen-bond acceptors (Lipinski definition) is 6. The summed E-state index contributed by atoms with van der Waals surface area (Å²) in [7, 11) is -0.175. The van der Waals surface area contributed by atoms with Gasteiger partial charge in [-0.1, -0.05) is 0 Å². The first kappa shape index (κ1) is 17.1. The monoisotopic (exact) mass is 322 g/mol. The van der Waals surface area contributed by atoms with E-state index in [1.807, 2.05) is 11.9 Å². The maximum atomic E-state index is 11.9. The number of ether oxygens (including phenoxy) is 1. The van der Waals surface area contributed by atoms with E-state index < -0.39 is 16.0 Å². The predicted octanol–water partition coefficient (Wildman–Crippen LogP) is 0.303. The highest BCUT2D eigenvalue weighted by Gasteiger charge is 2.18. The van der Waals surface area contributed by atoms with Crippen LogP contribution in [-0.4, -0.2) is 64.8 Å². The van der Waals surface area contributed by atoms with E-state index in [0.29, 0.717) is 19.7 Å². The molecule has 0 aliphatic heterocycles. The molecule has 0 saturated heterocycles. The zero-order valence-electron chi connectivity index (χ0n) is 11.3. The number of sulfonamides is 1. The van der Waals surface area contributed by atoms with Gasteiger partial charge >= 0.3 is 5.97 Å². The van der Waals surface area contributed by atoms with Crippen LogP contribution in [0.5, 0.6) is 0 Å². The van der Waals surface area contributed by atoms with Crippen molar-refractivity contribution >= 4 is 27.3 Å². The van der Waals surface area contributed by atoms with Crippen molar-refractivity contribution in [3.8, 4) is 0 Å². The third-order valence-corrected chi connectivity index (χ3v) is 5.45. The summed E-state index contributed by atoms with van der Waals surface area (Å²) in [5.41, 5.74) is -0.0208. The van der Waals surface area contributed by atoms with Crippen molar-refractivity contribution in [1.29, 1.82) is 0 Å². The fourth-order valence-electron chi connectivity index (χ4n) is 1.37. The quantitative estimate of drug-likeness (QED) is 0.679. The number of carboxylic acid groups (broad SMARTS) is 1. The molecular formula is C11H18N2O5S2.